The van der Waals surface area contributed by atoms with E-state index in [9.17, 15) is 10.1 Å². The van der Waals surface area contributed by atoms with Gasteiger partial charge >= 0.3 is 5.97 Å². The van der Waals surface area contributed by atoms with Gasteiger partial charge in [-0.05, 0) is 30.5 Å². The summed E-state index contributed by atoms with van der Waals surface area (Å²) < 4.78 is 17.6. The number of carbonyl (C=O) groups excluding carboxylic acids is 1. The van der Waals surface area contributed by atoms with Gasteiger partial charge in [0.05, 0.1) is 0 Å². The smallest absolute Gasteiger partial charge is 0.343 e. The molecule has 0 bridgehead atoms. The van der Waals surface area contributed by atoms with Gasteiger partial charge < -0.3 is 13.7 Å². The molecule has 4 rings (SSSR count). The Morgan fingerprint density at radius 2 is 2.22 bits per heavy atom. The van der Waals surface area contributed by atoms with Crippen molar-refractivity contribution in [2.75, 3.05) is 0 Å². The molecule has 0 aromatic carbocycles. The zero-order valence-electron chi connectivity index (χ0n) is 14.1. The molecule has 4 heterocycles. The quantitative estimate of drug-likeness (QED) is 0.486. The Morgan fingerprint density at radius 1 is 1.41 bits per heavy atom. The van der Waals surface area contributed by atoms with Crippen molar-refractivity contribution >= 4 is 17.3 Å². The van der Waals surface area contributed by atoms with Crippen LogP contribution >= 0.6 is 11.3 Å². The van der Waals surface area contributed by atoms with Crippen LogP contribution in [0.15, 0.2) is 50.3 Å². The molecule has 0 radical (unpaired) electrons. The Kier molecular flexibility index (Phi) is 4.32. The number of hydrogen-bond acceptors (Lipinski definition) is 8. The molecule has 0 unspecified atom stereocenters. The lowest BCUT2D eigenvalue weighted by atomic mass is 10.1. The lowest BCUT2D eigenvalue weighted by molar-refractivity contribution is 0.0427. The molecule has 9 heteroatoms. The van der Waals surface area contributed by atoms with Gasteiger partial charge in [0, 0.05) is 23.3 Å². The van der Waals surface area contributed by atoms with Crippen molar-refractivity contribution in [1.29, 1.82) is 5.26 Å². The summed E-state index contributed by atoms with van der Waals surface area (Å²) in [5.41, 5.74) is 1.02. The SMILES string of the molecule is Cc1oc(-n2cccc2)c(C#N)c1C(=O)OCc1nc(-c2ccsc2)no1. The molecule has 27 heavy (non-hydrogen) atoms. The van der Waals surface area contributed by atoms with Gasteiger partial charge in [-0.25, -0.2) is 4.79 Å². The van der Waals surface area contributed by atoms with Crippen LogP contribution in [0.25, 0.3) is 17.3 Å². The van der Waals surface area contributed by atoms with Gasteiger partial charge in [0.15, 0.2) is 6.61 Å². The maximum atomic E-state index is 12.5. The molecule has 0 aliphatic rings. The van der Waals surface area contributed by atoms with Crippen LogP contribution in [0.3, 0.4) is 0 Å². The number of hydrogen-bond donors (Lipinski definition) is 0. The third-order valence-corrected chi connectivity index (χ3v) is 4.48. The molecule has 0 aliphatic carbocycles. The molecule has 134 valence electrons. The van der Waals surface area contributed by atoms with Crippen LogP contribution in [-0.4, -0.2) is 20.7 Å². The van der Waals surface area contributed by atoms with E-state index < -0.39 is 5.97 Å². The fourth-order valence-corrected chi connectivity index (χ4v) is 3.19. The van der Waals surface area contributed by atoms with Crippen molar-refractivity contribution in [2.45, 2.75) is 13.5 Å². The van der Waals surface area contributed by atoms with Gasteiger partial charge in [0.1, 0.15) is 23.0 Å². The highest BCUT2D eigenvalue weighted by Crippen LogP contribution is 2.26. The van der Waals surface area contributed by atoms with Crippen LogP contribution in [0, 0.1) is 18.3 Å². The van der Waals surface area contributed by atoms with Crippen LogP contribution < -0.4 is 0 Å². The first-order valence-corrected chi connectivity index (χ1v) is 8.80. The van der Waals surface area contributed by atoms with Crippen molar-refractivity contribution in [3.8, 4) is 23.3 Å². The summed E-state index contributed by atoms with van der Waals surface area (Å²) in [6.45, 7) is 1.40. The van der Waals surface area contributed by atoms with Crippen molar-refractivity contribution < 1.29 is 18.5 Å². The van der Waals surface area contributed by atoms with Crippen LogP contribution in [0.4, 0.5) is 0 Å². The zero-order valence-corrected chi connectivity index (χ0v) is 14.9. The van der Waals surface area contributed by atoms with Gasteiger partial charge in [-0.2, -0.15) is 21.6 Å². The van der Waals surface area contributed by atoms with Gasteiger partial charge in [-0.3, -0.25) is 4.57 Å². The van der Waals surface area contributed by atoms with Gasteiger partial charge in [0.25, 0.3) is 5.89 Å². The van der Waals surface area contributed by atoms with Crippen LogP contribution in [0.1, 0.15) is 27.6 Å². The molecule has 4 aromatic heterocycles. The molecule has 0 N–H and O–H groups in total. The second kappa shape index (κ2) is 6.93. The Hall–Kier alpha value is -3.64. The van der Waals surface area contributed by atoms with Gasteiger partial charge in [-0.15, -0.1) is 0 Å². The van der Waals surface area contributed by atoms with E-state index in [1.54, 1.807) is 36.0 Å². The normalized spacial score (nSPS) is 10.7. The highest BCUT2D eigenvalue weighted by molar-refractivity contribution is 7.08. The lowest BCUT2D eigenvalue weighted by Gasteiger charge is -2.01. The first-order chi connectivity index (χ1) is 13.2. The maximum Gasteiger partial charge on any atom is 0.343 e. The number of carbonyl (C=O) groups is 1. The number of thiophene rings is 1. The third-order valence-electron chi connectivity index (χ3n) is 3.79. The zero-order chi connectivity index (χ0) is 18.8. The van der Waals surface area contributed by atoms with E-state index in [1.165, 1.54) is 11.3 Å². The first kappa shape index (κ1) is 16.8. The molecule has 0 saturated carbocycles. The minimum atomic E-state index is -0.693. The molecule has 8 nitrogen and oxygen atoms in total. The summed E-state index contributed by atoms with van der Waals surface area (Å²) in [6, 6.07) is 7.45. The predicted octanol–water partition coefficient (Wildman–Crippen LogP) is 3.72. The van der Waals surface area contributed by atoms with E-state index in [1.807, 2.05) is 22.9 Å². The molecular formula is C18H12N4O4S. The van der Waals surface area contributed by atoms with Crippen molar-refractivity contribution in [1.82, 2.24) is 14.7 Å². The number of ether oxygens (including phenoxy) is 1. The van der Waals surface area contributed by atoms with Crippen molar-refractivity contribution in [3.63, 3.8) is 0 Å². The summed E-state index contributed by atoms with van der Waals surface area (Å²) in [7, 11) is 0. The summed E-state index contributed by atoms with van der Waals surface area (Å²) in [4.78, 5) is 16.7. The van der Waals surface area contributed by atoms with Crippen LogP contribution in [0.5, 0.6) is 0 Å². The fraction of sp³-hybridized carbons (Fsp3) is 0.111. The van der Waals surface area contributed by atoms with E-state index in [-0.39, 0.29) is 29.5 Å². The number of aromatic nitrogens is 3. The summed E-state index contributed by atoms with van der Waals surface area (Å²) in [5.74, 6) is 0.458. The van der Waals surface area contributed by atoms with Crippen molar-refractivity contribution in [3.05, 3.63) is 64.1 Å². The maximum absolute atomic E-state index is 12.5. The minimum Gasteiger partial charge on any atom is -0.452 e. The average molecular weight is 380 g/mol. The predicted molar refractivity (Wildman–Crippen MR) is 94.2 cm³/mol. The molecule has 0 aliphatic heterocycles. The highest BCUT2D eigenvalue weighted by atomic mass is 32.1. The number of nitriles is 1. The molecule has 0 saturated heterocycles. The Labute approximate surface area is 157 Å². The fourth-order valence-electron chi connectivity index (χ4n) is 2.55. The monoisotopic (exact) mass is 380 g/mol. The van der Waals surface area contributed by atoms with E-state index in [4.69, 9.17) is 13.7 Å². The van der Waals surface area contributed by atoms with E-state index in [2.05, 4.69) is 10.1 Å². The van der Waals surface area contributed by atoms with Gasteiger partial charge in [0.2, 0.25) is 11.7 Å². The highest BCUT2D eigenvalue weighted by Gasteiger charge is 2.26. The summed E-state index contributed by atoms with van der Waals surface area (Å²) in [6.07, 6.45) is 3.44. The topological polar surface area (TPSA) is 107 Å². The standard InChI is InChI=1S/C18H12N4O4S/c1-11-15(13(8-19)17(25-11)22-5-2-3-6-22)18(23)24-9-14-20-16(21-26-14)12-4-7-27-10-12/h2-7,10H,9H2,1H3. The summed E-state index contributed by atoms with van der Waals surface area (Å²) in [5, 5.41) is 17.1. The number of rotatable bonds is 5. The lowest BCUT2D eigenvalue weighted by Crippen LogP contribution is -2.08. The first-order valence-electron chi connectivity index (χ1n) is 7.86. The van der Waals surface area contributed by atoms with E-state index in [0.29, 0.717) is 11.6 Å². The Bertz CT molecular complexity index is 1120. The Morgan fingerprint density at radius 3 is 2.93 bits per heavy atom. The number of furan rings is 1. The third kappa shape index (κ3) is 3.14. The average Bonchev–Trinajstić information content (AvgIpc) is 3.45. The molecule has 0 amide bonds. The molecule has 0 spiro atoms. The Balaban J connectivity index is 1.53. The van der Waals surface area contributed by atoms with Crippen LogP contribution in [0.2, 0.25) is 0 Å². The minimum absolute atomic E-state index is 0.0822. The van der Waals surface area contributed by atoms with E-state index >= 15 is 0 Å². The largest absolute Gasteiger partial charge is 0.452 e. The number of aryl methyl sites for hydroxylation is 1. The number of esters is 1. The molecule has 0 atom stereocenters. The number of nitrogens with zero attached hydrogens (tertiary/aromatic N) is 4. The van der Waals surface area contributed by atoms with E-state index in [0.717, 1.165) is 5.56 Å². The van der Waals surface area contributed by atoms with Crippen LogP contribution in [-0.2, 0) is 11.3 Å². The van der Waals surface area contributed by atoms with Crippen molar-refractivity contribution in [2.24, 2.45) is 0 Å². The molecular weight excluding hydrogens is 368 g/mol. The second-order valence-electron chi connectivity index (χ2n) is 5.52. The molecule has 4 aromatic rings. The second-order valence-corrected chi connectivity index (χ2v) is 6.30. The molecule has 0 fully saturated rings. The van der Waals surface area contributed by atoms with Gasteiger partial charge in [-0.1, -0.05) is 5.16 Å². The summed E-state index contributed by atoms with van der Waals surface area (Å²) >= 11 is 1.52.